The average molecular weight is 207 g/mol. The van der Waals surface area contributed by atoms with Crippen LogP contribution in [0.4, 0.5) is 0 Å². The molecule has 1 unspecified atom stereocenters. The molecule has 0 spiro atoms. The fourth-order valence-corrected chi connectivity index (χ4v) is 2.71. The summed E-state index contributed by atoms with van der Waals surface area (Å²) < 4.78 is 22.2. The molecule has 0 aromatic heterocycles. The van der Waals surface area contributed by atoms with Crippen LogP contribution in [0, 0.1) is 5.92 Å². The van der Waals surface area contributed by atoms with Gasteiger partial charge in [0.05, 0.1) is 11.5 Å². The average Bonchev–Trinajstić information content (AvgIpc) is 2.08. The summed E-state index contributed by atoms with van der Waals surface area (Å²) >= 11 is 0. The Morgan fingerprint density at radius 2 is 1.92 bits per heavy atom. The molecule has 0 bridgehead atoms. The van der Waals surface area contributed by atoms with Gasteiger partial charge in [-0.05, 0) is 5.92 Å². The Balaban J connectivity index is 2.33. The van der Waals surface area contributed by atoms with Gasteiger partial charge in [-0.25, -0.2) is 8.42 Å². The van der Waals surface area contributed by atoms with Gasteiger partial charge in [0.25, 0.3) is 0 Å². The first-order valence-electron chi connectivity index (χ1n) is 4.57. The number of aliphatic hydroxyl groups is 1. The fraction of sp³-hybridized carbons (Fsp3) is 1.00. The first kappa shape index (κ1) is 10.9. The van der Waals surface area contributed by atoms with E-state index in [0.717, 1.165) is 6.54 Å². The van der Waals surface area contributed by atoms with Crippen molar-refractivity contribution in [2.45, 2.75) is 6.92 Å². The van der Waals surface area contributed by atoms with E-state index in [1.807, 2.05) is 6.92 Å². The lowest BCUT2D eigenvalue weighted by atomic mass is 10.2. The topological polar surface area (TPSA) is 57.6 Å². The Morgan fingerprint density at radius 1 is 1.38 bits per heavy atom. The highest BCUT2D eigenvalue weighted by Crippen LogP contribution is 2.06. The van der Waals surface area contributed by atoms with Crippen LogP contribution in [0.3, 0.4) is 0 Å². The Labute approximate surface area is 79.5 Å². The summed E-state index contributed by atoms with van der Waals surface area (Å²) in [7, 11) is -2.76. The van der Waals surface area contributed by atoms with Gasteiger partial charge in [-0.3, -0.25) is 0 Å². The number of sulfone groups is 1. The molecule has 1 fully saturated rings. The van der Waals surface area contributed by atoms with Crippen LogP contribution >= 0.6 is 0 Å². The summed E-state index contributed by atoms with van der Waals surface area (Å²) in [5.74, 6) is 0.775. The SMILES string of the molecule is CC(CO)CN1CCS(=O)(=O)CC1. The predicted octanol–water partition coefficient (Wildman–Crippen LogP) is -0.655. The van der Waals surface area contributed by atoms with Crippen molar-refractivity contribution < 1.29 is 13.5 Å². The molecule has 78 valence electrons. The molecule has 1 rings (SSSR count). The zero-order valence-electron chi connectivity index (χ0n) is 7.94. The number of aliphatic hydroxyl groups excluding tert-OH is 1. The van der Waals surface area contributed by atoms with Crippen LogP contribution in [-0.4, -0.2) is 56.2 Å². The smallest absolute Gasteiger partial charge is 0.152 e. The molecule has 0 amide bonds. The van der Waals surface area contributed by atoms with E-state index < -0.39 is 9.84 Å². The van der Waals surface area contributed by atoms with E-state index in [9.17, 15) is 8.42 Å². The summed E-state index contributed by atoms with van der Waals surface area (Å²) in [6, 6.07) is 0. The second-order valence-electron chi connectivity index (χ2n) is 3.74. The highest BCUT2D eigenvalue weighted by molar-refractivity contribution is 7.91. The molecule has 13 heavy (non-hydrogen) atoms. The molecule has 1 aliphatic rings. The zero-order chi connectivity index (χ0) is 9.90. The maximum Gasteiger partial charge on any atom is 0.152 e. The number of hydrogen-bond donors (Lipinski definition) is 1. The summed E-state index contributed by atoms with van der Waals surface area (Å²) in [4.78, 5) is 2.10. The van der Waals surface area contributed by atoms with Crippen LogP contribution in [-0.2, 0) is 9.84 Å². The van der Waals surface area contributed by atoms with Crippen molar-refractivity contribution >= 4 is 9.84 Å². The van der Waals surface area contributed by atoms with E-state index in [4.69, 9.17) is 5.11 Å². The van der Waals surface area contributed by atoms with Gasteiger partial charge in [-0.2, -0.15) is 0 Å². The molecule has 1 saturated heterocycles. The lowest BCUT2D eigenvalue weighted by molar-refractivity contribution is 0.180. The molecular weight excluding hydrogens is 190 g/mol. The molecule has 0 radical (unpaired) electrons. The second-order valence-corrected chi connectivity index (χ2v) is 6.04. The van der Waals surface area contributed by atoms with Gasteiger partial charge >= 0.3 is 0 Å². The fourth-order valence-electron chi connectivity index (χ4n) is 1.43. The standard InChI is InChI=1S/C8H17NO3S/c1-8(7-10)6-9-2-4-13(11,12)5-3-9/h8,10H,2-7H2,1H3. The van der Waals surface area contributed by atoms with Crippen molar-refractivity contribution in [1.29, 1.82) is 0 Å². The molecular formula is C8H17NO3S. The zero-order valence-corrected chi connectivity index (χ0v) is 8.76. The van der Waals surface area contributed by atoms with Crippen LogP contribution < -0.4 is 0 Å². The van der Waals surface area contributed by atoms with E-state index in [2.05, 4.69) is 4.90 Å². The van der Waals surface area contributed by atoms with Crippen LogP contribution in [0.15, 0.2) is 0 Å². The minimum absolute atomic E-state index is 0.170. The van der Waals surface area contributed by atoms with Crippen molar-refractivity contribution in [2.75, 3.05) is 37.7 Å². The highest BCUT2D eigenvalue weighted by atomic mass is 32.2. The molecule has 1 heterocycles. The summed E-state index contributed by atoms with van der Waals surface area (Å²) in [5.41, 5.74) is 0. The van der Waals surface area contributed by atoms with E-state index in [-0.39, 0.29) is 24.0 Å². The lowest BCUT2D eigenvalue weighted by Crippen LogP contribution is -2.42. The minimum Gasteiger partial charge on any atom is -0.396 e. The van der Waals surface area contributed by atoms with Crippen LogP contribution in [0.5, 0.6) is 0 Å². The second kappa shape index (κ2) is 4.39. The number of hydrogen-bond acceptors (Lipinski definition) is 4. The van der Waals surface area contributed by atoms with Gasteiger partial charge < -0.3 is 10.0 Å². The lowest BCUT2D eigenvalue weighted by Gasteiger charge is -2.28. The van der Waals surface area contributed by atoms with E-state index in [1.54, 1.807) is 0 Å². The minimum atomic E-state index is -2.76. The molecule has 1 atom stereocenters. The Bertz CT molecular complexity index is 236. The Morgan fingerprint density at radius 3 is 2.38 bits per heavy atom. The monoisotopic (exact) mass is 207 g/mol. The molecule has 0 aromatic carbocycles. The van der Waals surface area contributed by atoms with Gasteiger partial charge in [0.15, 0.2) is 9.84 Å². The third kappa shape index (κ3) is 3.62. The van der Waals surface area contributed by atoms with Crippen LogP contribution in [0.2, 0.25) is 0 Å². The maximum absolute atomic E-state index is 11.1. The van der Waals surface area contributed by atoms with Gasteiger partial charge in [-0.15, -0.1) is 0 Å². The van der Waals surface area contributed by atoms with Gasteiger partial charge in [0, 0.05) is 26.2 Å². The predicted molar refractivity (Wildman–Crippen MR) is 51.3 cm³/mol. The molecule has 5 heteroatoms. The molecule has 0 saturated carbocycles. The molecule has 0 aromatic rings. The number of rotatable bonds is 3. The Hall–Kier alpha value is -0.130. The molecule has 1 N–H and O–H groups in total. The summed E-state index contributed by atoms with van der Waals surface area (Å²) in [5, 5.41) is 8.82. The molecule has 1 aliphatic heterocycles. The summed E-state index contributed by atoms with van der Waals surface area (Å²) in [6.45, 7) is 4.16. The highest BCUT2D eigenvalue weighted by Gasteiger charge is 2.22. The van der Waals surface area contributed by atoms with Crippen LogP contribution in [0.25, 0.3) is 0 Å². The van der Waals surface area contributed by atoms with Crippen molar-refractivity contribution in [3.8, 4) is 0 Å². The first-order chi connectivity index (χ1) is 6.03. The maximum atomic E-state index is 11.1. The van der Waals surface area contributed by atoms with Crippen molar-refractivity contribution in [2.24, 2.45) is 5.92 Å². The summed E-state index contributed by atoms with van der Waals surface area (Å²) in [6.07, 6.45) is 0. The van der Waals surface area contributed by atoms with Gasteiger partial charge in [-0.1, -0.05) is 6.92 Å². The van der Waals surface area contributed by atoms with Crippen molar-refractivity contribution in [1.82, 2.24) is 4.90 Å². The van der Waals surface area contributed by atoms with E-state index >= 15 is 0 Å². The largest absolute Gasteiger partial charge is 0.396 e. The third-order valence-corrected chi connectivity index (χ3v) is 3.93. The normalized spacial score (nSPS) is 25.7. The Kier molecular flexibility index (Phi) is 3.70. The van der Waals surface area contributed by atoms with Crippen molar-refractivity contribution in [3.63, 3.8) is 0 Å². The first-order valence-corrected chi connectivity index (χ1v) is 6.39. The van der Waals surface area contributed by atoms with Gasteiger partial charge in [0.2, 0.25) is 0 Å². The van der Waals surface area contributed by atoms with Gasteiger partial charge in [0.1, 0.15) is 0 Å². The molecule has 4 nitrogen and oxygen atoms in total. The van der Waals surface area contributed by atoms with E-state index in [1.165, 1.54) is 0 Å². The quantitative estimate of drug-likeness (QED) is 0.668. The van der Waals surface area contributed by atoms with Crippen LogP contribution in [0.1, 0.15) is 6.92 Å². The third-order valence-electron chi connectivity index (χ3n) is 2.32. The van der Waals surface area contributed by atoms with E-state index in [0.29, 0.717) is 13.1 Å². The number of nitrogens with zero attached hydrogens (tertiary/aromatic N) is 1. The molecule has 0 aliphatic carbocycles. The van der Waals surface area contributed by atoms with Crippen molar-refractivity contribution in [3.05, 3.63) is 0 Å².